The standard InChI is InChI=1S/C26H29Cl2N5O2/c1-16(24-30-22-9-7-18(27)14-23(22)31-24)29-25(34)17-6-8-20(21(28)13-17)26(35)33-12-4-5-19(33)15-32-10-2-3-11-32/h6-9,13-14,16,19H,2-5,10-12,15H2,1H3,(H,29,34)(H,30,31)/t16?,19-/m0/s1. The van der Waals surface area contributed by atoms with Gasteiger partial charge in [-0.1, -0.05) is 23.2 Å². The molecule has 0 saturated carbocycles. The van der Waals surface area contributed by atoms with Gasteiger partial charge in [-0.2, -0.15) is 0 Å². The van der Waals surface area contributed by atoms with E-state index in [9.17, 15) is 9.59 Å². The minimum atomic E-state index is -0.357. The lowest BCUT2D eigenvalue weighted by atomic mass is 10.1. The summed E-state index contributed by atoms with van der Waals surface area (Å²) < 4.78 is 0. The van der Waals surface area contributed by atoms with Crippen LogP contribution in [-0.4, -0.2) is 63.8 Å². The molecule has 3 heterocycles. The first kappa shape index (κ1) is 24.1. The van der Waals surface area contributed by atoms with Crippen LogP contribution in [0.1, 0.15) is 65.2 Å². The molecule has 3 aromatic rings. The van der Waals surface area contributed by atoms with E-state index >= 15 is 0 Å². The van der Waals surface area contributed by atoms with Gasteiger partial charge in [0.2, 0.25) is 0 Å². The Bertz CT molecular complexity index is 1250. The lowest BCUT2D eigenvalue weighted by molar-refractivity contribution is 0.0708. The van der Waals surface area contributed by atoms with Crippen molar-refractivity contribution in [2.75, 3.05) is 26.2 Å². The third kappa shape index (κ3) is 5.17. The number of fused-ring (bicyclic) bond motifs is 1. The molecule has 9 heteroatoms. The lowest BCUT2D eigenvalue weighted by Gasteiger charge is -2.29. The van der Waals surface area contributed by atoms with Crippen LogP contribution in [0, 0.1) is 0 Å². The van der Waals surface area contributed by atoms with Gasteiger partial charge in [-0.05, 0) is 82.1 Å². The molecule has 0 radical (unpaired) electrons. The number of aromatic amines is 1. The Labute approximate surface area is 214 Å². The lowest BCUT2D eigenvalue weighted by Crippen LogP contribution is -2.42. The summed E-state index contributed by atoms with van der Waals surface area (Å²) in [6, 6.07) is 10.2. The van der Waals surface area contributed by atoms with E-state index in [0.29, 0.717) is 27.0 Å². The SMILES string of the molecule is CC(NC(=O)c1ccc(C(=O)N2CCC[C@H]2CN2CCCC2)c(Cl)c1)c1nc2cc(Cl)ccc2[nH]1. The second-order valence-electron chi connectivity index (χ2n) is 9.48. The molecule has 2 N–H and O–H groups in total. The van der Waals surface area contributed by atoms with Gasteiger partial charge in [0.15, 0.2) is 0 Å². The molecule has 5 rings (SSSR count). The number of imidazole rings is 1. The number of H-pyrrole nitrogens is 1. The number of likely N-dealkylation sites (tertiary alicyclic amines) is 2. The van der Waals surface area contributed by atoms with Gasteiger partial charge in [-0.3, -0.25) is 9.59 Å². The Morgan fingerprint density at radius 2 is 1.91 bits per heavy atom. The molecule has 2 aliphatic heterocycles. The number of hydrogen-bond acceptors (Lipinski definition) is 4. The van der Waals surface area contributed by atoms with Crippen LogP contribution in [0.2, 0.25) is 10.0 Å². The Hall–Kier alpha value is -2.61. The fraction of sp³-hybridized carbons (Fsp3) is 0.423. The molecule has 7 nitrogen and oxygen atoms in total. The van der Waals surface area contributed by atoms with Gasteiger partial charge in [0, 0.05) is 29.7 Å². The van der Waals surface area contributed by atoms with Gasteiger partial charge < -0.3 is 20.1 Å². The third-order valence-corrected chi connectivity index (χ3v) is 7.54. The molecular formula is C26H29Cl2N5O2. The highest BCUT2D eigenvalue weighted by Crippen LogP contribution is 2.27. The monoisotopic (exact) mass is 513 g/mol. The van der Waals surface area contributed by atoms with Crippen molar-refractivity contribution in [2.24, 2.45) is 0 Å². The van der Waals surface area contributed by atoms with E-state index in [1.807, 2.05) is 17.9 Å². The topological polar surface area (TPSA) is 81.3 Å². The van der Waals surface area contributed by atoms with Gasteiger partial charge in [0.25, 0.3) is 11.8 Å². The average molecular weight is 514 g/mol. The van der Waals surface area contributed by atoms with E-state index in [-0.39, 0.29) is 23.9 Å². The molecule has 0 spiro atoms. The number of carbonyl (C=O) groups excluding carboxylic acids is 2. The van der Waals surface area contributed by atoms with Crippen molar-refractivity contribution in [1.82, 2.24) is 25.1 Å². The van der Waals surface area contributed by atoms with Crippen molar-refractivity contribution in [1.29, 1.82) is 0 Å². The highest BCUT2D eigenvalue weighted by molar-refractivity contribution is 6.34. The molecule has 2 fully saturated rings. The van der Waals surface area contributed by atoms with Gasteiger partial charge in [-0.15, -0.1) is 0 Å². The van der Waals surface area contributed by atoms with Crippen LogP contribution in [0.25, 0.3) is 11.0 Å². The maximum absolute atomic E-state index is 13.3. The normalized spacial score (nSPS) is 19.4. The molecule has 0 bridgehead atoms. The number of aromatic nitrogens is 2. The first-order valence-electron chi connectivity index (χ1n) is 12.2. The van der Waals surface area contributed by atoms with Crippen molar-refractivity contribution < 1.29 is 9.59 Å². The summed E-state index contributed by atoms with van der Waals surface area (Å²) in [5.41, 5.74) is 2.43. The summed E-state index contributed by atoms with van der Waals surface area (Å²) >= 11 is 12.6. The molecule has 2 saturated heterocycles. The fourth-order valence-electron chi connectivity index (χ4n) is 5.09. The molecule has 2 aliphatic rings. The largest absolute Gasteiger partial charge is 0.342 e. The molecule has 35 heavy (non-hydrogen) atoms. The summed E-state index contributed by atoms with van der Waals surface area (Å²) in [5, 5.41) is 3.84. The van der Waals surface area contributed by atoms with E-state index in [0.717, 1.165) is 50.1 Å². The van der Waals surface area contributed by atoms with E-state index in [1.54, 1.807) is 30.3 Å². The first-order valence-corrected chi connectivity index (χ1v) is 12.9. The molecule has 2 atom stereocenters. The van der Waals surface area contributed by atoms with Crippen LogP contribution in [-0.2, 0) is 0 Å². The Balaban J connectivity index is 1.26. The molecule has 184 valence electrons. The smallest absolute Gasteiger partial charge is 0.255 e. The maximum Gasteiger partial charge on any atom is 0.255 e. The number of rotatable bonds is 6. The Kier molecular flexibility index (Phi) is 7.00. The van der Waals surface area contributed by atoms with Crippen molar-refractivity contribution in [2.45, 2.75) is 44.7 Å². The van der Waals surface area contributed by atoms with Crippen molar-refractivity contribution in [3.8, 4) is 0 Å². The zero-order valence-corrected chi connectivity index (χ0v) is 21.2. The molecule has 2 aromatic carbocycles. The quantitative estimate of drug-likeness (QED) is 0.482. The van der Waals surface area contributed by atoms with E-state index in [4.69, 9.17) is 23.2 Å². The second-order valence-corrected chi connectivity index (χ2v) is 10.3. The Morgan fingerprint density at radius 3 is 2.69 bits per heavy atom. The molecule has 0 aliphatic carbocycles. The zero-order chi connectivity index (χ0) is 24.5. The number of nitrogens with zero attached hydrogens (tertiary/aromatic N) is 3. The number of carbonyl (C=O) groups is 2. The molecule has 1 aromatic heterocycles. The van der Waals surface area contributed by atoms with Crippen LogP contribution in [0.4, 0.5) is 0 Å². The van der Waals surface area contributed by atoms with Crippen LogP contribution in [0.15, 0.2) is 36.4 Å². The number of amides is 2. The summed E-state index contributed by atoms with van der Waals surface area (Å²) in [6.07, 6.45) is 4.50. The maximum atomic E-state index is 13.3. The fourth-order valence-corrected chi connectivity index (χ4v) is 5.52. The highest BCUT2D eigenvalue weighted by Gasteiger charge is 2.32. The van der Waals surface area contributed by atoms with Crippen LogP contribution in [0.3, 0.4) is 0 Å². The highest BCUT2D eigenvalue weighted by atomic mass is 35.5. The third-order valence-electron chi connectivity index (χ3n) is 6.99. The molecule has 1 unspecified atom stereocenters. The van der Waals surface area contributed by atoms with E-state index in [2.05, 4.69) is 20.2 Å². The zero-order valence-electron chi connectivity index (χ0n) is 19.7. The first-order chi connectivity index (χ1) is 16.9. The number of benzene rings is 2. The van der Waals surface area contributed by atoms with Gasteiger partial charge in [0.05, 0.1) is 27.7 Å². The second kappa shape index (κ2) is 10.2. The minimum Gasteiger partial charge on any atom is -0.342 e. The number of nitrogens with one attached hydrogen (secondary N) is 2. The van der Waals surface area contributed by atoms with Crippen molar-refractivity contribution >= 4 is 46.0 Å². The summed E-state index contributed by atoms with van der Waals surface area (Å²) in [6.45, 7) is 5.75. The van der Waals surface area contributed by atoms with Crippen LogP contribution < -0.4 is 5.32 Å². The molecule has 2 amide bonds. The van der Waals surface area contributed by atoms with E-state index in [1.165, 1.54) is 12.8 Å². The Morgan fingerprint density at radius 1 is 1.11 bits per heavy atom. The predicted molar refractivity (Wildman–Crippen MR) is 138 cm³/mol. The molecular weight excluding hydrogens is 485 g/mol. The minimum absolute atomic E-state index is 0.0574. The van der Waals surface area contributed by atoms with Crippen LogP contribution >= 0.6 is 23.2 Å². The number of hydrogen-bond donors (Lipinski definition) is 2. The predicted octanol–water partition coefficient (Wildman–Crippen LogP) is 5.06. The van der Waals surface area contributed by atoms with E-state index < -0.39 is 0 Å². The van der Waals surface area contributed by atoms with Crippen LogP contribution in [0.5, 0.6) is 0 Å². The summed E-state index contributed by atoms with van der Waals surface area (Å²) in [7, 11) is 0. The summed E-state index contributed by atoms with van der Waals surface area (Å²) in [5.74, 6) is 0.287. The van der Waals surface area contributed by atoms with Gasteiger partial charge in [-0.25, -0.2) is 4.98 Å². The summed E-state index contributed by atoms with van der Waals surface area (Å²) in [4.78, 5) is 38.3. The van der Waals surface area contributed by atoms with Crippen molar-refractivity contribution in [3.05, 3.63) is 63.4 Å². The van der Waals surface area contributed by atoms with Gasteiger partial charge >= 0.3 is 0 Å². The average Bonchev–Trinajstić information content (AvgIpc) is 3.59. The van der Waals surface area contributed by atoms with Crippen molar-refractivity contribution in [3.63, 3.8) is 0 Å². The number of halogens is 2. The van der Waals surface area contributed by atoms with Gasteiger partial charge in [0.1, 0.15) is 5.82 Å².